The summed E-state index contributed by atoms with van der Waals surface area (Å²) in [6.45, 7) is 0.481. The monoisotopic (exact) mass is 333 g/mol. The highest BCUT2D eigenvalue weighted by Gasteiger charge is 2.11. The zero-order valence-electron chi connectivity index (χ0n) is 14.0. The summed E-state index contributed by atoms with van der Waals surface area (Å²) in [5.41, 5.74) is 1.68. The van der Waals surface area contributed by atoms with E-state index in [0.29, 0.717) is 17.9 Å². The molecule has 3 rings (SSSR count). The average Bonchev–Trinajstić information content (AvgIpc) is 2.66. The van der Waals surface area contributed by atoms with Crippen molar-refractivity contribution in [3.63, 3.8) is 0 Å². The molecule has 0 atom stereocenters. The molecule has 1 amide bonds. The van der Waals surface area contributed by atoms with Gasteiger partial charge in [-0.25, -0.2) is 0 Å². The lowest BCUT2D eigenvalue weighted by atomic mass is 10.0. The number of ether oxygens (including phenoxy) is 1. The van der Waals surface area contributed by atoms with Crippen LogP contribution in [0.25, 0.3) is 10.8 Å². The SMILES string of the molecule is CN(Cc1cccc2ccccc12)C(=O)COc1ccc(C=O)cc1. The van der Waals surface area contributed by atoms with Crippen molar-refractivity contribution in [3.8, 4) is 5.75 Å². The van der Waals surface area contributed by atoms with Gasteiger partial charge in [-0.3, -0.25) is 9.59 Å². The molecule has 4 nitrogen and oxygen atoms in total. The quantitative estimate of drug-likeness (QED) is 0.646. The summed E-state index contributed by atoms with van der Waals surface area (Å²) in [4.78, 5) is 24.6. The van der Waals surface area contributed by atoms with Crippen LogP contribution < -0.4 is 4.74 Å². The summed E-state index contributed by atoms with van der Waals surface area (Å²) in [7, 11) is 1.77. The first-order chi connectivity index (χ1) is 12.2. The van der Waals surface area contributed by atoms with E-state index < -0.39 is 0 Å². The number of likely N-dealkylation sites (N-methyl/N-ethyl adjacent to an activating group) is 1. The molecule has 3 aromatic rings. The van der Waals surface area contributed by atoms with Crippen LogP contribution in [0.2, 0.25) is 0 Å². The minimum absolute atomic E-state index is 0.0400. The van der Waals surface area contributed by atoms with E-state index in [1.165, 1.54) is 0 Å². The number of aldehydes is 1. The van der Waals surface area contributed by atoms with Crippen molar-refractivity contribution in [2.45, 2.75) is 6.54 Å². The standard InChI is InChI=1S/C21H19NO3/c1-22(13-18-7-4-6-17-5-2-3-8-20(17)18)21(24)15-25-19-11-9-16(14-23)10-12-19/h2-12,14H,13,15H2,1H3. The average molecular weight is 333 g/mol. The fourth-order valence-corrected chi connectivity index (χ4v) is 2.67. The highest BCUT2D eigenvalue weighted by atomic mass is 16.5. The van der Waals surface area contributed by atoms with Crippen LogP contribution in [0.15, 0.2) is 66.7 Å². The summed E-state index contributed by atoms with van der Waals surface area (Å²) >= 11 is 0. The summed E-state index contributed by atoms with van der Waals surface area (Å²) in [6.07, 6.45) is 0.771. The maximum absolute atomic E-state index is 12.3. The third-order valence-electron chi connectivity index (χ3n) is 4.09. The first-order valence-corrected chi connectivity index (χ1v) is 8.06. The van der Waals surface area contributed by atoms with Crippen LogP contribution in [-0.4, -0.2) is 30.7 Å². The fraction of sp³-hybridized carbons (Fsp3) is 0.143. The molecule has 0 aliphatic rings. The largest absolute Gasteiger partial charge is 0.484 e. The number of carbonyl (C=O) groups is 2. The Kier molecular flexibility index (Phi) is 5.09. The second-order valence-electron chi connectivity index (χ2n) is 5.86. The van der Waals surface area contributed by atoms with Crippen molar-refractivity contribution in [2.24, 2.45) is 0 Å². The Hall–Kier alpha value is -3.14. The molecule has 25 heavy (non-hydrogen) atoms. The molecule has 126 valence electrons. The van der Waals surface area contributed by atoms with Gasteiger partial charge in [0, 0.05) is 19.2 Å². The van der Waals surface area contributed by atoms with E-state index >= 15 is 0 Å². The minimum Gasteiger partial charge on any atom is -0.484 e. The van der Waals surface area contributed by atoms with Crippen molar-refractivity contribution in [2.75, 3.05) is 13.7 Å². The van der Waals surface area contributed by atoms with Crippen LogP contribution in [0, 0.1) is 0 Å². The Balaban J connectivity index is 1.62. The van der Waals surface area contributed by atoms with E-state index in [4.69, 9.17) is 4.74 Å². The van der Waals surface area contributed by atoms with Crippen LogP contribution in [0.3, 0.4) is 0 Å². The van der Waals surface area contributed by atoms with Gasteiger partial charge in [-0.05, 0) is 40.6 Å². The van der Waals surface area contributed by atoms with Crippen molar-refractivity contribution >= 4 is 23.0 Å². The van der Waals surface area contributed by atoms with E-state index in [9.17, 15) is 9.59 Å². The number of rotatable bonds is 6. The number of amides is 1. The van der Waals surface area contributed by atoms with Gasteiger partial charge in [0.05, 0.1) is 0 Å². The lowest BCUT2D eigenvalue weighted by Crippen LogP contribution is -2.31. The van der Waals surface area contributed by atoms with Crippen molar-refractivity contribution in [3.05, 3.63) is 77.9 Å². The molecule has 0 N–H and O–H groups in total. The molecule has 0 bridgehead atoms. The molecule has 0 saturated heterocycles. The van der Waals surface area contributed by atoms with E-state index in [0.717, 1.165) is 22.6 Å². The van der Waals surface area contributed by atoms with Gasteiger partial charge in [0.2, 0.25) is 0 Å². The van der Waals surface area contributed by atoms with Gasteiger partial charge in [0.15, 0.2) is 6.61 Å². The molecule has 0 saturated carbocycles. The second kappa shape index (κ2) is 7.62. The number of carbonyl (C=O) groups excluding carboxylic acids is 2. The van der Waals surface area contributed by atoms with E-state index in [2.05, 4.69) is 18.2 Å². The van der Waals surface area contributed by atoms with Gasteiger partial charge < -0.3 is 9.64 Å². The number of fused-ring (bicyclic) bond motifs is 1. The molecule has 4 heteroatoms. The first-order valence-electron chi connectivity index (χ1n) is 8.06. The molecule has 0 aromatic heterocycles. The third-order valence-corrected chi connectivity index (χ3v) is 4.09. The topological polar surface area (TPSA) is 46.6 Å². The molecule has 0 spiro atoms. The van der Waals surface area contributed by atoms with Gasteiger partial charge in [0.25, 0.3) is 5.91 Å². The fourth-order valence-electron chi connectivity index (χ4n) is 2.67. The first kappa shape index (κ1) is 16.7. The number of benzene rings is 3. The zero-order valence-corrected chi connectivity index (χ0v) is 14.0. The molecule has 0 fully saturated rings. The Labute approximate surface area is 146 Å². The van der Waals surface area contributed by atoms with Crippen molar-refractivity contribution in [1.82, 2.24) is 4.90 Å². The van der Waals surface area contributed by atoms with Gasteiger partial charge >= 0.3 is 0 Å². The maximum atomic E-state index is 12.3. The normalized spacial score (nSPS) is 10.4. The number of nitrogens with zero attached hydrogens (tertiary/aromatic N) is 1. The predicted octanol–water partition coefficient (Wildman–Crippen LogP) is 3.69. The van der Waals surface area contributed by atoms with Crippen molar-refractivity contribution in [1.29, 1.82) is 0 Å². The lowest BCUT2D eigenvalue weighted by Gasteiger charge is -2.18. The van der Waals surface area contributed by atoms with Gasteiger partial charge in [-0.15, -0.1) is 0 Å². The van der Waals surface area contributed by atoms with Gasteiger partial charge in [-0.2, -0.15) is 0 Å². The molecule has 0 aliphatic heterocycles. The maximum Gasteiger partial charge on any atom is 0.260 e. The molecular weight excluding hydrogens is 314 g/mol. The highest BCUT2D eigenvalue weighted by Crippen LogP contribution is 2.19. The van der Waals surface area contributed by atoms with Crippen LogP contribution in [0.1, 0.15) is 15.9 Å². The summed E-state index contributed by atoms with van der Waals surface area (Å²) in [6, 6.07) is 20.9. The highest BCUT2D eigenvalue weighted by molar-refractivity contribution is 5.86. The van der Waals surface area contributed by atoms with Crippen LogP contribution in [-0.2, 0) is 11.3 Å². The van der Waals surface area contributed by atoms with Crippen LogP contribution in [0.4, 0.5) is 0 Å². The number of hydrogen-bond donors (Lipinski definition) is 0. The molecular formula is C21H19NO3. The molecule has 0 radical (unpaired) electrons. The van der Waals surface area contributed by atoms with Crippen molar-refractivity contribution < 1.29 is 14.3 Å². The van der Waals surface area contributed by atoms with Gasteiger partial charge in [0.1, 0.15) is 12.0 Å². The second-order valence-corrected chi connectivity index (χ2v) is 5.86. The van der Waals surface area contributed by atoms with E-state index in [-0.39, 0.29) is 12.5 Å². The van der Waals surface area contributed by atoms with E-state index in [1.54, 1.807) is 36.2 Å². The molecule has 0 unspecified atom stereocenters. The summed E-state index contributed by atoms with van der Waals surface area (Å²) in [5.74, 6) is 0.463. The number of hydrogen-bond acceptors (Lipinski definition) is 3. The summed E-state index contributed by atoms with van der Waals surface area (Å²) in [5, 5.41) is 2.31. The molecule has 0 heterocycles. The van der Waals surface area contributed by atoms with Crippen LogP contribution in [0.5, 0.6) is 5.75 Å². The molecule has 0 aliphatic carbocycles. The predicted molar refractivity (Wildman–Crippen MR) is 97.7 cm³/mol. The van der Waals surface area contributed by atoms with E-state index in [1.807, 2.05) is 24.3 Å². The Morgan fingerprint density at radius 3 is 2.48 bits per heavy atom. The Morgan fingerprint density at radius 1 is 1.00 bits per heavy atom. The minimum atomic E-state index is -0.104. The summed E-state index contributed by atoms with van der Waals surface area (Å²) < 4.78 is 5.51. The van der Waals surface area contributed by atoms with Gasteiger partial charge in [-0.1, -0.05) is 42.5 Å². The Morgan fingerprint density at radius 2 is 1.72 bits per heavy atom. The molecule has 3 aromatic carbocycles. The Bertz CT molecular complexity index is 882. The zero-order chi connectivity index (χ0) is 17.6. The van der Waals surface area contributed by atoms with Crippen LogP contribution >= 0.6 is 0 Å². The third kappa shape index (κ3) is 4.04. The lowest BCUT2D eigenvalue weighted by molar-refractivity contribution is -0.132. The smallest absolute Gasteiger partial charge is 0.260 e.